The highest BCUT2D eigenvalue weighted by atomic mass is 16.4. The van der Waals surface area contributed by atoms with E-state index in [2.05, 4.69) is 48.1 Å². The molecule has 34 heavy (non-hydrogen) atoms. The van der Waals surface area contributed by atoms with E-state index in [1.165, 1.54) is 31.3 Å². The van der Waals surface area contributed by atoms with Crippen LogP contribution in [0.5, 0.6) is 0 Å². The van der Waals surface area contributed by atoms with Crippen LogP contribution in [-0.2, 0) is 4.79 Å². The number of carbonyl (C=O) groups is 1. The lowest BCUT2D eigenvalue weighted by atomic mass is 9.31. The summed E-state index contributed by atoms with van der Waals surface area (Å²) in [5, 5.41) is 21.5. The highest BCUT2D eigenvalue weighted by Crippen LogP contribution is 2.77. The van der Waals surface area contributed by atoms with Crippen molar-refractivity contribution in [2.24, 2.45) is 56.7 Å². The van der Waals surface area contributed by atoms with Crippen molar-refractivity contribution in [3.05, 3.63) is 12.2 Å². The van der Waals surface area contributed by atoms with Crippen LogP contribution in [0.1, 0.15) is 112 Å². The molecule has 5 unspecified atom stereocenters. The van der Waals surface area contributed by atoms with Crippen molar-refractivity contribution in [1.82, 2.24) is 0 Å². The molecule has 0 aromatic heterocycles. The summed E-state index contributed by atoms with van der Waals surface area (Å²) in [6, 6.07) is 0. The number of carboxylic acids is 1. The Hall–Kier alpha value is -0.830. The van der Waals surface area contributed by atoms with Gasteiger partial charge in [-0.15, -0.1) is 0 Å². The van der Waals surface area contributed by atoms with Crippen molar-refractivity contribution in [3.63, 3.8) is 0 Å². The Balaban J connectivity index is 1.57. The van der Waals surface area contributed by atoms with Crippen molar-refractivity contribution in [1.29, 1.82) is 0 Å². The minimum atomic E-state index is -0.548. The minimum absolute atomic E-state index is 0.0223. The van der Waals surface area contributed by atoms with Gasteiger partial charge in [-0.05, 0) is 122 Å². The fraction of sp³-hybridized carbons (Fsp3) is 0.903. The third-order valence-corrected chi connectivity index (χ3v) is 13.7. The zero-order valence-electron chi connectivity index (χ0n) is 22.8. The predicted molar refractivity (Wildman–Crippen MR) is 137 cm³/mol. The average Bonchev–Trinajstić information content (AvgIpc) is 2.76. The lowest BCUT2D eigenvalue weighted by Crippen LogP contribution is -2.68. The number of allylic oxidation sites excluding steroid dienone is 1. The van der Waals surface area contributed by atoms with Gasteiger partial charge in [-0.3, -0.25) is 4.79 Å². The highest BCUT2D eigenvalue weighted by Gasteiger charge is 2.71. The summed E-state index contributed by atoms with van der Waals surface area (Å²) >= 11 is 0. The normalized spacial score (nSPS) is 54.1. The fourth-order valence-electron chi connectivity index (χ4n) is 11.7. The van der Waals surface area contributed by atoms with Crippen LogP contribution < -0.4 is 0 Å². The van der Waals surface area contributed by atoms with Crippen LogP contribution in [0.2, 0.25) is 0 Å². The number of aliphatic hydroxyl groups excluding tert-OH is 1. The molecule has 0 heterocycles. The van der Waals surface area contributed by atoms with E-state index in [-0.39, 0.29) is 33.7 Å². The molecule has 5 fully saturated rings. The molecule has 5 rings (SSSR count). The van der Waals surface area contributed by atoms with Gasteiger partial charge in [0.25, 0.3) is 0 Å². The maximum absolute atomic E-state index is 12.9. The molecule has 192 valence electrons. The second-order valence-corrected chi connectivity index (χ2v) is 14.9. The van der Waals surface area contributed by atoms with E-state index >= 15 is 0 Å². The molecule has 2 N–H and O–H groups in total. The maximum Gasteiger partial charge on any atom is 0.309 e. The van der Waals surface area contributed by atoms with Gasteiger partial charge >= 0.3 is 5.97 Å². The highest BCUT2D eigenvalue weighted by molar-refractivity contribution is 5.76. The lowest BCUT2D eigenvalue weighted by Gasteiger charge is -2.73. The van der Waals surface area contributed by atoms with E-state index in [9.17, 15) is 15.0 Å². The first-order valence-electron chi connectivity index (χ1n) is 14.3. The van der Waals surface area contributed by atoms with E-state index in [0.29, 0.717) is 23.7 Å². The van der Waals surface area contributed by atoms with Crippen LogP contribution in [0, 0.1) is 56.7 Å². The van der Waals surface area contributed by atoms with Crippen molar-refractivity contribution >= 4 is 5.97 Å². The van der Waals surface area contributed by atoms with E-state index in [0.717, 1.165) is 44.9 Å². The molecule has 0 aromatic rings. The summed E-state index contributed by atoms with van der Waals surface area (Å²) in [6.45, 7) is 18.9. The molecule has 5 aliphatic rings. The van der Waals surface area contributed by atoms with Gasteiger partial charge in [0.05, 0.1) is 11.5 Å². The first-order chi connectivity index (χ1) is 15.8. The number of aliphatic carboxylic acids is 1. The van der Waals surface area contributed by atoms with Gasteiger partial charge in [0.15, 0.2) is 0 Å². The quantitative estimate of drug-likeness (QED) is 0.411. The number of hydrogen-bond acceptors (Lipinski definition) is 2. The Kier molecular flexibility index (Phi) is 5.55. The average molecular weight is 471 g/mol. The van der Waals surface area contributed by atoms with Gasteiger partial charge in [0.1, 0.15) is 0 Å². The van der Waals surface area contributed by atoms with Crippen molar-refractivity contribution in [2.45, 2.75) is 118 Å². The predicted octanol–water partition coefficient (Wildman–Crippen LogP) is 7.48. The summed E-state index contributed by atoms with van der Waals surface area (Å²) in [6.07, 6.45) is 11.6. The standard InChI is InChI=1S/C31H50O3/c1-19(2)20-9-8-14-31(26(33)34)18-17-29(6)21(25(20)31)10-11-23-28(5)15-13-24(32)27(3,4)22(28)12-16-30(23,29)7/h20-25,32H,1,8-18H2,2-7H3,(H,33,34)/t20-,21?,22-,23+,24?,25+,28?,29+,30?,31?/m0/s1. The van der Waals surface area contributed by atoms with Gasteiger partial charge in [-0.25, -0.2) is 0 Å². The summed E-state index contributed by atoms with van der Waals surface area (Å²) in [7, 11) is 0. The lowest BCUT2D eigenvalue weighted by molar-refractivity contribution is -0.255. The Labute approximate surface area is 208 Å². The molecule has 0 saturated heterocycles. The first kappa shape index (κ1) is 24.8. The van der Waals surface area contributed by atoms with Crippen molar-refractivity contribution in [2.75, 3.05) is 0 Å². The summed E-state index contributed by atoms with van der Waals surface area (Å²) < 4.78 is 0. The third-order valence-electron chi connectivity index (χ3n) is 13.7. The van der Waals surface area contributed by atoms with Crippen LogP contribution in [0.15, 0.2) is 12.2 Å². The van der Waals surface area contributed by atoms with Crippen molar-refractivity contribution in [3.8, 4) is 0 Å². The first-order valence-corrected chi connectivity index (χ1v) is 14.3. The van der Waals surface area contributed by atoms with Crippen LogP contribution >= 0.6 is 0 Å². The summed E-state index contributed by atoms with van der Waals surface area (Å²) in [5.74, 6) is 1.77. The second-order valence-electron chi connectivity index (χ2n) is 14.9. The number of aliphatic hydroxyl groups is 1. The summed E-state index contributed by atoms with van der Waals surface area (Å²) in [5.41, 5.74) is 1.33. The van der Waals surface area contributed by atoms with Crippen molar-refractivity contribution < 1.29 is 15.0 Å². The van der Waals surface area contributed by atoms with E-state index in [4.69, 9.17) is 0 Å². The van der Waals surface area contributed by atoms with Gasteiger partial charge in [0, 0.05) is 0 Å². The molecule has 0 bridgehead atoms. The number of carboxylic acid groups (broad SMARTS) is 1. The molecule has 0 aliphatic heterocycles. The molecule has 3 heteroatoms. The molecule has 0 amide bonds. The van der Waals surface area contributed by atoms with Gasteiger partial charge < -0.3 is 10.2 Å². The molecule has 5 aliphatic carbocycles. The van der Waals surface area contributed by atoms with Gasteiger partial charge in [-0.1, -0.05) is 53.2 Å². The Morgan fingerprint density at radius 1 is 0.824 bits per heavy atom. The van der Waals surface area contributed by atoms with E-state index in [1.54, 1.807) is 0 Å². The van der Waals surface area contributed by atoms with Crippen LogP contribution in [0.3, 0.4) is 0 Å². The van der Waals surface area contributed by atoms with Gasteiger partial charge in [-0.2, -0.15) is 0 Å². The number of fused-ring (bicyclic) bond motifs is 7. The molecular weight excluding hydrogens is 420 g/mol. The van der Waals surface area contributed by atoms with E-state index in [1.807, 2.05) is 0 Å². The Morgan fingerprint density at radius 2 is 1.53 bits per heavy atom. The molecule has 0 aromatic carbocycles. The second kappa shape index (κ2) is 7.59. The van der Waals surface area contributed by atoms with Gasteiger partial charge in [0.2, 0.25) is 0 Å². The molecule has 3 nitrogen and oxygen atoms in total. The number of hydrogen-bond donors (Lipinski definition) is 2. The zero-order valence-corrected chi connectivity index (χ0v) is 22.8. The van der Waals surface area contributed by atoms with Crippen LogP contribution in [0.4, 0.5) is 0 Å². The molecular formula is C31H50O3. The SMILES string of the molecule is C=C(C)[C@@H]1CCCC2(C(=O)O)CC[C@]3(C)C(CC[C@@H]4C5(C)CCC(O)C(C)(C)[C@@H]5CCC43C)[C@@H]12. The third kappa shape index (κ3) is 2.88. The molecule has 0 spiro atoms. The molecule has 5 saturated carbocycles. The Bertz CT molecular complexity index is 876. The van der Waals surface area contributed by atoms with Crippen LogP contribution in [-0.4, -0.2) is 22.3 Å². The molecule has 0 radical (unpaired) electrons. The van der Waals surface area contributed by atoms with E-state index < -0.39 is 11.4 Å². The number of rotatable bonds is 2. The summed E-state index contributed by atoms with van der Waals surface area (Å²) in [4.78, 5) is 12.9. The smallest absolute Gasteiger partial charge is 0.309 e. The Morgan fingerprint density at radius 3 is 2.18 bits per heavy atom. The zero-order chi connectivity index (χ0) is 24.9. The largest absolute Gasteiger partial charge is 0.481 e. The maximum atomic E-state index is 12.9. The topological polar surface area (TPSA) is 57.5 Å². The monoisotopic (exact) mass is 470 g/mol. The minimum Gasteiger partial charge on any atom is -0.481 e. The molecule has 10 atom stereocenters. The van der Waals surface area contributed by atoms with Crippen LogP contribution in [0.25, 0.3) is 0 Å². The fourth-order valence-corrected chi connectivity index (χ4v) is 11.7.